The average molecular weight is 392 g/mol. The summed E-state index contributed by atoms with van der Waals surface area (Å²) < 4.78 is 6.68. The molecule has 0 aliphatic carbocycles. The molecule has 2 rings (SSSR count). The van der Waals surface area contributed by atoms with Gasteiger partial charge >= 0.3 is 0 Å². The Labute approximate surface area is 136 Å². The van der Waals surface area contributed by atoms with Crippen LogP contribution in [0, 0.1) is 14.9 Å². The first kappa shape index (κ1) is 15.3. The second-order valence-corrected chi connectivity index (χ2v) is 5.64. The number of hydrogen-bond donors (Lipinski definition) is 1. The Balaban J connectivity index is 1.99. The molecule has 2 aromatic rings. The first-order chi connectivity index (χ1) is 10.1. The van der Waals surface area contributed by atoms with E-state index in [0.717, 1.165) is 3.57 Å². The highest BCUT2D eigenvalue weighted by atomic mass is 127. The zero-order chi connectivity index (χ0) is 15.2. The molecule has 2 aromatic carbocycles. The third kappa shape index (κ3) is 4.46. The molecule has 0 spiro atoms. The summed E-state index contributed by atoms with van der Waals surface area (Å²) in [6, 6.07) is 16.3. The van der Waals surface area contributed by atoms with Gasteiger partial charge in [-0.2, -0.15) is 5.26 Å². The number of amides is 1. The molecule has 4 nitrogen and oxygen atoms in total. The SMILES string of the molecule is CC(Oc1ccc(I)cc1)C(=O)Nc1cccc(C#N)c1. The number of carbonyl (C=O) groups excluding carboxylic acids is 1. The van der Waals surface area contributed by atoms with Crippen LogP contribution in [-0.2, 0) is 4.79 Å². The molecule has 0 saturated carbocycles. The zero-order valence-electron chi connectivity index (χ0n) is 11.3. The lowest BCUT2D eigenvalue weighted by molar-refractivity contribution is -0.122. The number of rotatable bonds is 4. The molecule has 1 atom stereocenters. The standard InChI is InChI=1S/C16H13IN2O2/c1-11(21-15-7-5-13(17)6-8-15)16(20)19-14-4-2-3-12(9-14)10-18/h2-9,11H,1H3,(H,19,20). The molecule has 21 heavy (non-hydrogen) atoms. The zero-order valence-corrected chi connectivity index (χ0v) is 13.5. The van der Waals surface area contributed by atoms with Crippen molar-refractivity contribution in [3.63, 3.8) is 0 Å². The molecule has 0 aromatic heterocycles. The quantitative estimate of drug-likeness (QED) is 0.810. The molecule has 0 aliphatic heterocycles. The summed E-state index contributed by atoms with van der Waals surface area (Å²) >= 11 is 2.20. The van der Waals surface area contributed by atoms with Gasteiger partial charge in [0.05, 0.1) is 11.6 Å². The number of anilines is 1. The average Bonchev–Trinajstić information content (AvgIpc) is 2.49. The van der Waals surface area contributed by atoms with E-state index in [2.05, 4.69) is 27.9 Å². The summed E-state index contributed by atoms with van der Waals surface area (Å²) in [6.07, 6.45) is -0.629. The fourth-order valence-electron chi connectivity index (χ4n) is 1.68. The highest BCUT2D eigenvalue weighted by Crippen LogP contribution is 2.16. The highest BCUT2D eigenvalue weighted by molar-refractivity contribution is 14.1. The Morgan fingerprint density at radius 3 is 2.67 bits per heavy atom. The van der Waals surface area contributed by atoms with E-state index in [0.29, 0.717) is 17.0 Å². The second kappa shape index (κ2) is 7.09. The largest absolute Gasteiger partial charge is 0.481 e. The molecule has 1 unspecified atom stereocenters. The molecule has 0 saturated heterocycles. The monoisotopic (exact) mass is 392 g/mol. The van der Waals surface area contributed by atoms with Gasteiger partial charge in [0.1, 0.15) is 5.75 Å². The van der Waals surface area contributed by atoms with Gasteiger partial charge < -0.3 is 10.1 Å². The molecule has 0 aliphatic rings. The third-order valence-electron chi connectivity index (χ3n) is 2.75. The summed E-state index contributed by atoms with van der Waals surface area (Å²) in [5.74, 6) is 0.382. The minimum Gasteiger partial charge on any atom is -0.481 e. The van der Waals surface area contributed by atoms with Crippen molar-refractivity contribution in [1.29, 1.82) is 5.26 Å². The fourth-order valence-corrected chi connectivity index (χ4v) is 2.04. The van der Waals surface area contributed by atoms with Crippen molar-refractivity contribution in [2.24, 2.45) is 0 Å². The van der Waals surface area contributed by atoms with Gasteiger partial charge in [-0.3, -0.25) is 4.79 Å². The minimum absolute atomic E-state index is 0.261. The first-order valence-corrected chi connectivity index (χ1v) is 7.39. The minimum atomic E-state index is -0.629. The number of carbonyl (C=O) groups is 1. The summed E-state index contributed by atoms with van der Waals surface area (Å²) in [6.45, 7) is 1.68. The van der Waals surface area contributed by atoms with E-state index < -0.39 is 6.10 Å². The molecular weight excluding hydrogens is 379 g/mol. The van der Waals surface area contributed by atoms with Crippen molar-refractivity contribution in [1.82, 2.24) is 0 Å². The van der Waals surface area contributed by atoms with Crippen LogP contribution in [-0.4, -0.2) is 12.0 Å². The third-order valence-corrected chi connectivity index (χ3v) is 3.47. The van der Waals surface area contributed by atoms with Crippen molar-refractivity contribution in [3.05, 3.63) is 57.7 Å². The van der Waals surface area contributed by atoms with Gasteiger partial charge in [0.2, 0.25) is 0 Å². The maximum Gasteiger partial charge on any atom is 0.265 e. The van der Waals surface area contributed by atoms with Crippen LogP contribution in [0.2, 0.25) is 0 Å². The van der Waals surface area contributed by atoms with Crippen molar-refractivity contribution in [2.45, 2.75) is 13.0 Å². The van der Waals surface area contributed by atoms with E-state index in [4.69, 9.17) is 10.00 Å². The Morgan fingerprint density at radius 2 is 2.00 bits per heavy atom. The van der Waals surface area contributed by atoms with Gasteiger partial charge in [0.25, 0.3) is 5.91 Å². The van der Waals surface area contributed by atoms with E-state index in [1.165, 1.54) is 0 Å². The number of halogens is 1. The van der Waals surface area contributed by atoms with Crippen LogP contribution in [0.3, 0.4) is 0 Å². The van der Waals surface area contributed by atoms with E-state index in [9.17, 15) is 4.79 Å². The van der Waals surface area contributed by atoms with E-state index in [1.54, 1.807) is 31.2 Å². The first-order valence-electron chi connectivity index (χ1n) is 6.32. The van der Waals surface area contributed by atoms with Crippen molar-refractivity contribution in [3.8, 4) is 11.8 Å². The van der Waals surface area contributed by atoms with Crippen LogP contribution in [0.25, 0.3) is 0 Å². The Kier molecular flexibility index (Phi) is 5.17. The summed E-state index contributed by atoms with van der Waals surface area (Å²) in [4.78, 5) is 12.1. The van der Waals surface area contributed by atoms with E-state index >= 15 is 0 Å². The number of benzene rings is 2. The fraction of sp³-hybridized carbons (Fsp3) is 0.125. The second-order valence-electron chi connectivity index (χ2n) is 4.40. The van der Waals surface area contributed by atoms with Crippen molar-refractivity contribution >= 4 is 34.2 Å². The molecule has 1 amide bonds. The molecule has 5 heteroatoms. The molecule has 1 N–H and O–H groups in total. The molecule has 0 bridgehead atoms. The molecule has 106 valence electrons. The van der Waals surface area contributed by atoms with Gasteiger partial charge in [-0.1, -0.05) is 6.07 Å². The van der Waals surface area contributed by atoms with Crippen LogP contribution in [0.15, 0.2) is 48.5 Å². The maximum atomic E-state index is 12.1. The lowest BCUT2D eigenvalue weighted by Gasteiger charge is -2.14. The summed E-state index contributed by atoms with van der Waals surface area (Å²) in [5, 5.41) is 11.6. The van der Waals surface area contributed by atoms with Gasteiger partial charge in [-0.25, -0.2) is 0 Å². The smallest absolute Gasteiger partial charge is 0.265 e. The van der Waals surface area contributed by atoms with E-state index in [1.807, 2.05) is 30.3 Å². The van der Waals surface area contributed by atoms with Gasteiger partial charge in [-0.05, 0) is 72.0 Å². The van der Waals surface area contributed by atoms with Gasteiger partial charge in [0.15, 0.2) is 6.10 Å². The van der Waals surface area contributed by atoms with Crippen LogP contribution in [0.4, 0.5) is 5.69 Å². The predicted octanol–water partition coefficient (Wildman–Crippen LogP) is 3.57. The van der Waals surface area contributed by atoms with Gasteiger partial charge in [-0.15, -0.1) is 0 Å². The Bertz CT molecular complexity index is 677. The van der Waals surface area contributed by atoms with Crippen molar-refractivity contribution in [2.75, 3.05) is 5.32 Å². The maximum absolute atomic E-state index is 12.1. The molecular formula is C16H13IN2O2. The van der Waals surface area contributed by atoms with Crippen LogP contribution < -0.4 is 10.1 Å². The van der Waals surface area contributed by atoms with Crippen LogP contribution in [0.1, 0.15) is 12.5 Å². The number of ether oxygens (including phenoxy) is 1. The molecule has 0 fully saturated rings. The molecule has 0 heterocycles. The lowest BCUT2D eigenvalue weighted by atomic mass is 10.2. The number of nitriles is 1. The van der Waals surface area contributed by atoms with Crippen LogP contribution >= 0.6 is 22.6 Å². The van der Waals surface area contributed by atoms with Crippen molar-refractivity contribution < 1.29 is 9.53 Å². The number of nitrogens with zero attached hydrogens (tertiary/aromatic N) is 1. The van der Waals surface area contributed by atoms with Crippen LogP contribution in [0.5, 0.6) is 5.75 Å². The summed E-state index contributed by atoms with van der Waals surface area (Å²) in [7, 11) is 0. The molecule has 0 radical (unpaired) electrons. The Hall–Kier alpha value is -2.07. The predicted molar refractivity (Wildman–Crippen MR) is 89.0 cm³/mol. The summed E-state index contributed by atoms with van der Waals surface area (Å²) in [5.41, 5.74) is 1.08. The number of hydrogen-bond acceptors (Lipinski definition) is 3. The highest BCUT2D eigenvalue weighted by Gasteiger charge is 2.15. The lowest BCUT2D eigenvalue weighted by Crippen LogP contribution is -2.30. The normalized spacial score (nSPS) is 11.3. The topological polar surface area (TPSA) is 62.1 Å². The van der Waals surface area contributed by atoms with E-state index in [-0.39, 0.29) is 5.91 Å². The van der Waals surface area contributed by atoms with Gasteiger partial charge in [0, 0.05) is 9.26 Å². The Morgan fingerprint density at radius 1 is 1.29 bits per heavy atom. The number of nitrogens with one attached hydrogen (secondary N) is 1.